The lowest BCUT2D eigenvalue weighted by Gasteiger charge is -2.17. The Labute approximate surface area is 183 Å². The molecule has 2 heterocycles. The van der Waals surface area contributed by atoms with Gasteiger partial charge in [0.1, 0.15) is 5.75 Å². The Balaban J connectivity index is 1.36. The molecule has 0 fully saturated rings. The van der Waals surface area contributed by atoms with Crippen molar-refractivity contribution in [3.63, 3.8) is 0 Å². The van der Waals surface area contributed by atoms with Crippen LogP contribution in [-0.2, 0) is 4.79 Å². The van der Waals surface area contributed by atoms with E-state index in [0.29, 0.717) is 16.5 Å². The molecule has 1 unspecified atom stereocenters. The normalized spacial score (nSPS) is 11.8. The number of hydrogen-bond donors (Lipinski definition) is 2. The second-order valence-electron chi connectivity index (χ2n) is 7.05. The van der Waals surface area contributed by atoms with Gasteiger partial charge in [-0.15, -0.1) is 11.3 Å². The van der Waals surface area contributed by atoms with E-state index in [9.17, 15) is 9.59 Å². The van der Waals surface area contributed by atoms with Crippen molar-refractivity contribution in [1.82, 2.24) is 15.8 Å². The van der Waals surface area contributed by atoms with E-state index < -0.39 is 17.9 Å². The first kappa shape index (κ1) is 20.6. The number of para-hydroxylation sites is 1. The van der Waals surface area contributed by atoms with Gasteiger partial charge in [0.15, 0.2) is 22.6 Å². The van der Waals surface area contributed by atoms with E-state index in [2.05, 4.69) is 15.8 Å². The summed E-state index contributed by atoms with van der Waals surface area (Å²) >= 11 is 1.48. The van der Waals surface area contributed by atoms with Crippen LogP contribution in [0.4, 0.5) is 0 Å². The molecule has 4 aromatic rings. The van der Waals surface area contributed by atoms with Crippen LogP contribution >= 0.6 is 11.3 Å². The van der Waals surface area contributed by atoms with Crippen LogP contribution in [0.3, 0.4) is 0 Å². The number of amides is 2. The molecule has 2 amide bonds. The minimum atomic E-state index is -0.796. The number of aryl methyl sites for hydroxylation is 1. The number of carbonyl (C=O) groups excluding carboxylic acids is 2. The highest BCUT2D eigenvalue weighted by Crippen LogP contribution is 2.31. The molecule has 0 saturated heterocycles. The Morgan fingerprint density at radius 2 is 1.84 bits per heavy atom. The molecule has 1 atom stereocenters. The van der Waals surface area contributed by atoms with E-state index in [-0.39, 0.29) is 5.76 Å². The van der Waals surface area contributed by atoms with E-state index >= 15 is 0 Å². The smallest absolute Gasteiger partial charge is 0.305 e. The number of furan rings is 1. The second kappa shape index (κ2) is 8.61. The van der Waals surface area contributed by atoms with Crippen molar-refractivity contribution in [2.24, 2.45) is 0 Å². The number of ether oxygens (including phenoxy) is 1. The Bertz CT molecular complexity index is 1230. The average Bonchev–Trinajstić information content (AvgIpc) is 3.42. The number of thiazole rings is 1. The van der Waals surface area contributed by atoms with Crippen LogP contribution in [-0.4, -0.2) is 22.9 Å². The van der Waals surface area contributed by atoms with Gasteiger partial charge in [-0.2, -0.15) is 0 Å². The van der Waals surface area contributed by atoms with Gasteiger partial charge < -0.3 is 9.15 Å². The quantitative estimate of drug-likeness (QED) is 0.453. The summed E-state index contributed by atoms with van der Waals surface area (Å²) in [6.45, 7) is 5.51. The fraction of sp³-hybridized carbons (Fsp3) is 0.174. The standard InChI is InChI=1S/C23H21N3O4S/c1-13-7-6-9-17(14(13)2)29-15(3)21(27)25-26-22(28)18-11-12-19(30-18)23-24-16-8-4-5-10-20(16)31-23/h4-12,15H,1-3H3,(H,25,27)(H,26,28). The molecule has 31 heavy (non-hydrogen) atoms. The van der Waals surface area contributed by atoms with Crippen LogP contribution < -0.4 is 15.6 Å². The summed E-state index contributed by atoms with van der Waals surface area (Å²) in [6.07, 6.45) is -0.796. The van der Waals surface area contributed by atoms with E-state index in [1.54, 1.807) is 25.1 Å². The summed E-state index contributed by atoms with van der Waals surface area (Å²) in [6, 6.07) is 16.6. The number of rotatable bonds is 5. The molecular weight excluding hydrogens is 414 g/mol. The van der Waals surface area contributed by atoms with Crippen LogP contribution in [0.15, 0.2) is 59.0 Å². The second-order valence-corrected chi connectivity index (χ2v) is 8.08. The van der Waals surface area contributed by atoms with Crippen molar-refractivity contribution in [2.75, 3.05) is 0 Å². The number of hydrazine groups is 1. The van der Waals surface area contributed by atoms with Crippen LogP contribution in [0.2, 0.25) is 0 Å². The Morgan fingerprint density at radius 3 is 2.65 bits per heavy atom. The molecule has 0 aliphatic carbocycles. The van der Waals surface area contributed by atoms with Crippen LogP contribution in [0.5, 0.6) is 5.75 Å². The molecule has 4 rings (SSSR count). The number of carbonyl (C=O) groups is 2. The number of benzene rings is 2. The maximum atomic E-state index is 12.4. The molecule has 158 valence electrons. The molecule has 2 N–H and O–H groups in total. The van der Waals surface area contributed by atoms with Crippen molar-refractivity contribution in [2.45, 2.75) is 26.9 Å². The molecule has 8 heteroatoms. The van der Waals surface area contributed by atoms with E-state index in [0.717, 1.165) is 21.3 Å². The lowest BCUT2D eigenvalue weighted by Crippen LogP contribution is -2.47. The molecule has 2 aromatic heterocycles. The summed E-state index contributed by atoms with van der Waals surface area (Å²) in [4.78, 5) is 29.2. The number of nitrogens with zero attached hydrogens (tertiary/aromatic N) is 1. The van der Waals surface area contributed by atoms with Crippen molar-refractivity contribution < 1.29 is 18.7 Å². The maximum Gasteiger partial charge on any atom is 0.305 e. The first-order valence-electron chi connectivity index (χ1n) is 9.71. The molecule has 0 aliphatic heterocycles. The maximum absolute atomic E-state index is 12.4. The minimum absolute atomic E-state index is 0.0673. The highest BCUT2D eigenvalue weighted by Gasteiger charge is 2.19. The zero-order chi connectivity index (χ0) is 22.0. The molecule has 0 bridgehead atoms. The number of nitrogens with one attached hydrogen (secondary N) is 2. The minimum Gasteiger partial charge on any atom is -0.481 e. The van der Waals surface area contributed by atoms with Crippen molar-refractivity contribution in [3.05, 3.63) is 71.5 Å². The summed E-state index contributed by atoms with van der Waals surface area (Å²) < 4.78 is 12.4. The lowest BCUT2D eigenvalue weighted by atomic mass is 10.1. The SMILES string of the molecule is Cc1cccc(OC(C)C(=O)NNC(=O)c2ccc(-c3nc4ccccc4s3)o2)c1C. The van der Waals surface area contributed by atoms with E-state index in [1.165, 1.54) is 11.3 Å². The Kier molecular flexibility index (Phi) is 5.73. The summed E-state index contributed by atoms with van der Waals surface area (Å²) in [5.74, 6) is 0.134. The molecular formula is C23H21N3O4S. The summed E-state index contributed by atoms with van der Waals surface area (Å²) in [5.41, 5.74) is 7.62. The highest BCUT2D eigenvalue weighted by molar-refractivity contribution is 7.21. The van der Waals surface area contributed by atoms with Gasteiger partial charge in [0.2, 0.25) is 0 Å². The fourth-order valence-corrected chi connectivity index (χ4v) is 3.86. The van der Waals surface area contributed by atoms with Gasteiger partial charge in [0, 0.05) is 0 Å². The van der Waals surface area contributed by atoms with Gasteiger partial charge in [-0.3, -0.25) is 20.4 Å². The summed E-state index contributed by atoms with van der Waals surface area (Å²) in [7, 11) is 0. The highest BCUT2D eigenvalue weighted by atomic mass is 32.1. The first-order valence-corrected chi connectivity index (χ1v) is 10.5. The molecule has 2 aromatic carbocycles. The number of fused-ring (bicyclic) bond motifs is 1. The molecule has 0 radical (unpaired) electrons. The van der Waals surface area contributed by atoms with Gasteiger partial charge in [0.05, 0.1) is 10.2 Å². The predicted molar refractivity (Wildman–Crippen MR) is 119 cm³/mol. The van der Waals surface area contributed by atoms with Crippen LogP contribution in [0.1, 0.15) is 28.6 Å². The zero-order valence-corrected chi connectivity index (χ0v) is 18.1. The molecule has 0 spiro atoms. The summed E-state index contributed by atoms with van der Waals surface area (Å²) in [5, 5.41) is 0.680. The van der Waals surface area contributed by atoms with Crippen LogP contribution in [0, 0.1) is 13.8 Å². The largest absolute Gasteiger partial charge is 0.481 e. The Hall–Kier alpha value is -3.65. The fourth-order valence-electron chi connectivity index (χ4n) is 2.93. The van der Waals surface area contributed by atoms with E-state index in [4.69, 9.17) is 9.15 Å². The predicted octanol–water partition coefficient (Wildman–Crippen LogP) is 4.40. The number of hydrogen-bond acceptors (Lipinski definition) is 6. The number of aromatic nitrogens is 1. The topological polar surface area (TPSA) is 93.5 Å². The Morgan fingerprint density at radius 1 is 1.03 bits per heavy atom. The molecule has 7 nitrogen and oxygen atoms in total. The van der Waals surface area contributed by atoms with Gasteiger partial charge in [-0.25, -0.2) is 4.98 Å². The van der Waals surface area contributed by atoms with Gasteiger partial charge in [-0.05, 0) is 62.2 Å². The third-order valence-corrected chi connectivity index (χ3v) is 5.91. The average molecular weight is 436 g/mol. The van der Waals surface area contributed by atoms with Crippen LogP contribution in [0.25, 0.3) is 21.0 Å². The zero-order valence-electron chi connectivity index (χ0n) is 17.3. The van der Waals surface area contributed by atoms with Crippen molar-refractivity contribution in [3.8, 4) is 16.5 Å². The first-order chi connectivity index (χ1) is 14.9. The van der Waals surface area contributed by atoms with Crippen molar-refractivity contribution in [1.29, 1.82) is 0 Å². The van der Waals surface area contributed by atoms with Gasteiger partial charge in [0.25, 0.3) is 5.91 Å². The van der Waals surface area contributed by atoms with E-state index in [1.807, 2.05) is 50.2 Å². The van der Waals surface area contributed by atoms with Crippen molar-refractivity contribution >= 4 is 33.4 Å². The molecule has 0 aliphatic rings. The third-order valence-electron chi connectivity index (χ3n) is 4.86. The monoisotopic (exact) mass is 435 g/mol. The van der Waals surface area contributed by atoms with Gasteiger partial charge >= 0.3 is 5.91 Å². The molecule has 0 saturated carbocycles. The lowest BCUT2D eigenvalue weighted by molar-refractivity contribution is -0.128. The third kappa shape index (κ3) is 4.44. The van der Waals surface area contributed by atoms with Gasteiger partial charge in [-0.1, -0.05) is 24.3 Å².